The van der Waals surface area contributed by atoms with Crippen LogP contribution in [0.15, 0.2) is 70.9 Å². The van der Waals surface area contributed by atoms with Crippen LogP contribution in [0.25, 0.3) is 5.57 Å². The number of amides is 2. The summed E-state index contributed by atoms with van der Waals surface area (Å²) in [6.07, 6.45) is 0. The number of carbonyl (C=O) groups excluding carboxylic acids is 2. The molecule has 3 aromatic rings. The third kappa shape index (κ3) is 3.63. The van der Waals surface area contributed by atoms with E-state index in [2.05, 4.69) is 0 Å². The van der Waals surface area contributed by atoms with Crippen molar-refractivity contribution >= 4 is 69.4 Å². The molecule has 0 atom stereocenters. The van der Waals surface area contributed by atoms with Crippen molar-refractivity contribution in [3.05, 3.63) is 91.4 Å². The van der Waals surface area contributed by atoms with Gasteiger partial charge in [0.25, 0.3) is 11.8 Å². The van der Waals surface area contributed by atoms with E-state index in [9.17, 15) is 9.59 Å². The lowest BCUT2D eigenvalue weighted by Crippen LogP contribution is -2.31. The Balaban J connectivity index is 1.74. The number of nitrogens with zero attached hydrogens (tertiary/aromatic N) is 1. The fraction of sp³-hybridized carbons (Fsp3) is 0.0476. The summed E-state index contributed by atoms with van der Waals surface area (Å²) >= 11 is 15.1. The summed E-state index contributed by atoms with van der Waals surface area (Å²) < 4.78 is 0. The van der Waals surface area contributed by atoms with E-state index in [1.54, 1.807) is 12.1 Å². The SMILES string of the molecule is O=C1C(SCc2ccccc2)=C(c2cccs2)C(=O)N1c1cc(Cl)ccc1Cl. The van der Waals surface area contributed by atoms with Gasteiger partial charge in [-0.2, -0.15) is 0 Å². The molecule has 7 heteroatoms. The molecule has 1 aliphatic rings. The summed E-state index contributed by atoms with van der Waals surface area (Å²) in [7, 11) is 0. The van der Waals surface area contributed by atoms with Crippen molar-refractivity contribution in [1.82, 2.24) is 0 Å². The van der Waals surface area contributed by atoms with Crippen molar-refractivity contribution in [1.29, 1.82) is 0 Å². The van der Waals surface area contributed by atoms with Crippen molar-refractivity contribution in [2.24, 2.45) is 0 Å². The van der Waals surface area contributed by atoms with Gasteiger partial charge in [0.15, 0.2) is 0 Å². The van der Waals surface area contributed by atoms with E-state index < -0.39 is 0 Å². The van der Waals surface area contributed by atoms with Gasteiger partial charge in [-0.3, -0.25) is 9.59 Å². The predicted octanol–water partition coefficient (Wildman–Crippen LogP) is 6.27. The van der Waals surface area contributed by atoms with Gasteiger partial charge in [-0.15, -0.1) is 23.1 Å². The zero-order valence-corrected chi connectivity index (χ0v) is 17.5. The van der Waals surface area contributed by atoms with Crippen LogP contribution in [-0.2, 0) is 15.3 Å². The molecule has 1 aromatic heterocycles. The van der Waals surface area contributed by atoms with Crippen LogP contribution >= 0.6 is 46.3 Å². The summed E-state index contributed by atoms with van der Waals surface area (Å²) in [4.78, 5) is 28.8. The highest BCUT2D eigenvalue weighted by Gasteiger charge is 2.41. The third-order valence-electron chi connectivity index (χ3n) is 4.18. The molecule has 3 nitrogen and oxygen atoms in total. The quantitative estimate of drug-likeness (QED) is 0.434. The van der Waals surface area contributed by atoms with E-state index in [4.69, 9.17) is 23.2 Å². The first kappa shape index (κ1) is 19.3. The topological polar surface area (TPSA) is 37.4 Å². The Morgan fingerprint density at radius 1 is 0.929 bits per heavy atom. The molecule has 1 aliphatic heterocycles. The molecule has 0 unspecified atom stereocenters. The summed E-state index contributed by atoms with van der Waals surface area (Å²) in [5.74, 6) is -0.174. The lowest BCUT2D eigenvalue weighted by molar-refractivity contribution is -0.119. The van der Waals surface area contributed by atoms with Gasteiger partial charge in [-0.1, -0.05) is 59.6 Å². The lowest BCUT2D eigenvalue weighted by atomic mass is 10.2. The predicted molar refractivity (Wildman–Crippen MR) is 118 cm³/mol. The number of benzene rings is 2. The Labute approximate surface area is 180 Å². The second-order valence-corrected chi connectivity index (χ2v) is 8.77. The molecule has 0 saturated carbocycles. The number of halogens is 2. The fourth-order valence-corrected chi connectivity index (χ4v) is 5.15. The minimum absolute atomic E-state index is 0.297. The molecule has 0 aliphatic carbocycles. The van der Waals surface area contributed by atoms with Crippen LogP contribution in [0.4, 0.5) is 5.69 Å². The smallest absolute Gasteiger partial charge is 0.268 e. The van der Waals surface area contributed by atoms with Gasteiger partial charge in [0.2, 0.25) is 0 Å². The van der Waals surface area contributed by atoms with E-state index in [-0.39, 0.29) is 11.8 Å². The molecular formula is C21H13Cl2NO2S2. The van der Waals surface area contributed by atoms with E-state index in [0.717, 1.165) is 15.3 Å². The normalized spacial score (nSPS) is 14.3. The minimum Gasteiger partial charge on any atom is -0.268 e. The number of anilines is 1. The molecule has 4 rings (SSSR count). The van der Waals surface area contributed by atoms with Crippen LogP contribution in [0.5, 0.6) is 0 Å². The highest BCUT2D eigenvalue weighted by molar-refractivity contribution is 8.03. The Kier molecular flexibility index (Phi) is 5.60. The lowest BCUT2D eigenvalue weighted by Gasteiger charge is -2.17. The zero-order chi connectivity index (χ0) is 19.7. The molecular weight excluding hydrogens is 433 g/mol. The molecule has 0 N–H and O–H groups in total. The van der Waals surface area contributed by atoms with Crippen molar-refractivity contribution in [2.45, 2.75) is 5.75 Å². The third-order valence-corrected chi connectivity index (χ3v) is 6.77. The van der Waals surface area contributed by atoms with Crippen LogP contribution in [0.1, 0.15) is 10.4 Å². The first-order valence-corrected chi connectivity index (χ1v) is 11.0. The molecule has 2 heterocycles. The largest absolute Gasteiger partial charge is 0.272 e. The number of rotatable bonds is 5. The molecule has 2 aromatic carbocycles. The van der Waals surface area contributed by atoms with Crippen LogP contribution in [0, 0.1) is 0 Å². The minimum atomic E-state index is -0.382. The maximum atomic E-state index is 13.2. The second kappa shape index (κ2) is 8.13. The van der Waals surface area contributed by atoms with E-state index in [1.165, 1.54) is 29.2 Å². The fourth-order valence-electron chi connectivity index (χ4n) is 2.89. The highest BCUT2D eigenvalue weighted by atomic mass is 35.5. The Bertz CT molecular complexity index is 1080. The molecule has 0 bridgehead atoms. The van der Waals surface area contributed by atoms with Crippen molar-refractivity contribution in [2.75, 3.05) is 4.90 Å². The van der Waals surface area contributed by atoms with Crippen LogP contribution < -0.4 is 4.90 Å². The molecule has 2 amide bonds. The standard InChI is InChI=1S/C21H13Cl2NO2S2/c22-14-8-9-15(23)16(11-14)24-20(25)18(17-7-4-10-27-17)19(21(24)26)28-12-13-5-2-1-3-6-13/h1-11H,12H2. The van der Waals surface area contributed by atoms with Gasteiger partial charge < -0.3 is 0 Å². The number of hydrogen-bond donors (Lipinski definition) is 0. The van der Waals surface area contributed by atoms with Gasteiger partial charge in [0.05, 0.1) is 21.2 Å². The van der Waals surface area contributed by atoms with Gasteiger partial charge in [-0.05, 0) is 35.2 Å². The van der Waals surface area contributed by atoms with Gasteiger partial charge in [0, 0.05) is 15.7 Å². The molecule has 0 radical (unpaired) electrons. The Morgan fingerprint density at radius 2 is 1.71 bits per heavy atom. The van der Waals surface area contributed by atoms with Crippen molar-refractivity contribution < 1.29 is 9.59 Å². The van der Waals surface area contributed by atoms with Gasteiger partial charge in [-0.25, -0.2) is 4.90 Å². The Morgan fingerprint density at radius 3 is 2.43 bits per heavy atom. The van der Waals surface area contributed by atoms with E-state index >= 15 is 0 Å². The van der Waals surface area contributed by atoms with Crippen molar-refractivity contribution in [3.8, 4) is 0 Å². The molecule has 28 heavy (non-hydrogen) atoms. The number of hydrogen-bond acceptors (Lipinski definition) is 4. The molecule has 0 saturated heterocycles. The summed E-state index contributed by atoms with van der Waals surface area (Å²) in [6.45, 7) is 0. The first-order valence-electron chi connectivity index (χ1n) is 8.35. The second-order valence-electron chi connectivity index (χ2n) is 6.00. The number of imide groups is 1. The van der Waals surface area contributed by atoms with Gasteiger partial charge >= 0.3 is 0 Å². The number of thiophene rings is 1. The zero-order valence-electron chi connectivity index (χ0n) is 14.4. The average Bonchev–Trinajstić information content (AvgIpc) is 3.30. The van der Waals surface area contributed by atoms with Crippen LogP contribution in [0.2, 0.25) is 10.0 Å². The summed E-state index contributed by atoms with van der Waals surface area (Å²) in [5.41, 5.74) is 1.79. The highest BCUT2D eigenvalue weighted by Crippen LogP contribution is 2.42. The van der Waals surface area contributed by atoms with Crippen molar-refractivity contribution in [3.63, 3.8) is 0 Å². The Hall–Kier alpha value is -2.05. The first-order chi connectivity index (χ1) is 13.6. The molecule has 0 spiro atoms. The number of carbonyl (C=O) groups is 2. The van der Waals surface area contributed by atoms with E-state index in [0.29, 0.717) is 32.0 Å². The summed E-state index contributed by atoms with van der Waals surface area (Å²) in [6, 6.07) is 18.3. The maximum Gasteiger partial charge on any atom is 0.272 e. The van der Waals surface area contributed by atoms with Gasteiger partial charge in [0.1, 0.15) is 0 Å². The van der Waals surface area contributed by atoms with Crippen LogP contribution in [0.3, 0.4) is 0 Å². The molecule has 140 valence electrons. The molecule has 0 fully saturated rings. The number of thioether (sulfide) groups is 1. The van der Waals surface area contributed by atoms with E-state index in [1.807, 2.05) is 47.8 Å². The maximum absolute atomic E-state index is 13.2. The summed E-state index contributed by atoms with van der Waals surface area (Å²) in [5, 5.41) is 2.59. The van der Waals surface area contributed by atoms with Crippen LogP contribution in [-0.4, -0.2) is 11.8 Å². The monoisotopic (exact) mass is 445 g/mol. The average molecular weight is 446 g/mol.